The first-order chi connectivity index (χ1) is 13.2. The van der Waals surface area contributed by atoms with Crippen LogP contribution in [0.5, 0.6) is 0 Å². The number of carbonyl (C=O) groups is 1. The predicted octanol–water partition coefficient (Wildman–Crippen LogP) is 5.88. The molecule has 4 nitrogen and oxygen atoms in total. The molecule has 4 rings (SSSR count). The lowest BCUT2D eigenvalue weighted by Gasteiger charge is -2.11. The minimum atomic E-state index is -0.410. The predicted molar refractivity (Wildman–Crippen MR) is 109 cm³/mol. The van der Waals surface area contributed by atoms with Gasteiger partial charge in [0.25, 0.3) is 5.69 Å². The van der Waals surface area contributed by atoms with Gasteiger partial charge in [0.1, 0.15) is 0 Å². The summed E-state index contributed by atoms with van der Waals surface area (Å²) in [5, 5.41) is 14.6. The third kappa shape index (κ3) is 2.98. The Morgan fingerprint density at radius 2 is 1.15 bits per heavy atom. The number of fused-ring (bicyclic) bond motifs is 2. The summed E-state index contributed by atoms with van der Waals surface area (Å²) in [6.45, 7) is 0. The first kappa shape index (κ1) is 16.7. The van der Waals surface area contributed by atoms with Crippen LogP contribution in [0.15, 0.2) is 72.8 Å². The van der Waals surface area contributed by atoms with E-state index in [-0.39, 0.29) is 5.69 Å². The van der Waals surface area contributed by atoms with Crippen LogP contribution in [0.25, 0.3) is 33.7 Å². The molecule has 0 saturated carbocycles. The van der Waals surface area contributed by atoms with Crippen molar-refractivity contribution >= 4 is 45.7 Å². The van der Waals surface area contributed by atoms with Crippen LogP contribution < -0.4 is 0 Å². The van der Waals surface area contributed by atoms with Crippen LogP contribution in [0.1, 0.15) is 21.5 Å². The van der Waals surface area contributed by atoms with Gasteiger partial charge in [0.2, 0.25) is 0 Å². The molecular weight excluding hydrogens is 338 g/mol. The molecular formula is C23H15NO3. The molecule has 4 aromatic carbocycles. The topological polar surface area (TPSA) is 60.2 Å². The molecule has 0 atom stereocenters. The second kappa shape index (κ2) is 6.84. The minimum Gasteiger partial charge on any atom is -0.298 e. The van der Waals surface area contributed by atoms with Gasteiger partial charge in [-0.3, -0.25) is 14.9 Å². The normalized spacial score (nSPS) is 11.3. The fraction of sp³-hybridized carbons (Fsp3) is 0. The summed E-state index contributed by atoms with van der Waals surface area (Å²) in [5.41, 5.74) is 2.64. The van der Waals surface area contributed by atoms with Gasteiger partial charge < -0.3 is 0 Å². The van der Waals surface area contributed by atoms with Crippen molar-refractivity contribution in [1.29, 1.82) is 0 Å². The lowest BCUT2D eigenvalue weighted by molar-refractivity contribution is -0.384. The van der Waals surface area contributed by atoms with E-state index in [1.54, 1.807) is 12.1 Å². The lowest BCUT2D eigenvalue weighted by Crippen LogP contribution is -1.91. The van der Waals surface area contributed by atoms with Crippen LogP contribution in [-0.4, -0.2) is 11.2 Å². The molecule has 0 aliphatic heterocycles. The second-order valence-electron chi connectivity index (χ2n) is 6.22. The van der Waals surface area contributed by atoms with E-state index in [4.69, 9.17) is 0 Å². The van der Waals surface area contributed by atoms with Gasteiger partial charge in [-0.2, -0.15) is 0 Å². The fourth-order valence-electron chi connectivity index (χ4n) is 3.39. The number of non-ortho nitro benzene ring substituents is 1. The third-order valence-electron chi connectivity index (χ3n) is 4.68. The van der Waals surface area contributed by atoms with Crippen LogP contribution in [0, 0.1) is 10.1 Å². The molecule has 0 aliphatic rings. The Bertz CT molecular complexity index is 1150. The highest BCUT2D eigenvalue weighted by atomic mass is 16.6. The first-order valence-electron chi connectivity index (χ1n) is 8.50. The number of hydrogen-bond acceptors (Lipinski definition) is 3. The summed E-state index contributed by atoms with van der Waals surface area (Å²) in [6.07, 6.45) is 4.84. The van der Waals surface area contributed by atoms with E-state index in [0.717, 1.165) is 39.0 Å². The van der Waals surface area contributed by atoms with E-state index in [2.05, 4.69) is 0 Å². The number of nitrogens with zero attached hydrogens (tertiary/aromatic N) is 1. The van der Waals surface area contributed by atoms with Crippen molar-refractivity contribution in [3.05, 3.63) is 99.6 Å². The molecule has 0 bridgehead atoms. The summed E-state index contributed by atoms with van der Waals surface area (Å²) < 4.78 is 0. The molecule has 0 unspecified atom stereocenters. The van der Waals surface area contributed by atoms with Gasteiger partial charge in [-0.15, -0.1) is 0 Å². The van der Waals surface area contributed by atoms with E-state index in [0.29, 0.717) is 5.56 Å². The average Bonchev–Trinajstić information content (AvgIpc) is 2.71. The molecule has 0 saturated heterocycles. The quantitative estimate of drug-likeness (QED) is 0.151. The standard InChI is InChI=1S/C23H15NO3/c25-15-23-20-7-3-1-5-18(20)22(19-6-2-4-8-21(19)23)14-11-16-9-12-17(13-10-16)24(26)27/h1-15H. The molecule has 4 heteroatoms. The molecule has 0 fully saturated rings. The maximum atomic E-state index is 11.7. The Morgan fingerprint density at radius 3 is 1.59 bits per heavy atom. The third-order valence-corrected chi connectivity index (χ3v) is 4.68. The molecule has 0 radical (unpaired) electrons. The number of nitro groups is 1. The number of rotatable bonds is 4. The van der Waals surface area contributed by atoms with E-state index in [1.165, 1.54) is 12.1 Å². The van der Waals surface area contributed by atoms with Crippen LogP contribution in [0.3, 0.4) is 0 Å². The van der Waals surface area contributed by atoms with Crippen molar-refractivity contribution < 1.29 is 9.72 Å². The van der Waals surface area contributed by atoms with E-state index >= 15 is 0 Å². The number of benzene rings is 4. The van der Waals surface area contributed by atoms with Crippen LogP contribution in [0.4, 0.5) is 5.69 Å². The van der Waals surface area contributed by atoms with Crippen molar-refractivity contribution in [3.8, 4) is 0 Å². The van der Waals surface area contributed by atoms with Crippen molar-refractivity contribution in [2.24, 2.45) is 0 Å². The number of nitro benzene ring substituents is 1. The Morgan fingerprint density at radius 1 is 0.667 bits per heavy atom. The molecule has 0 aromatic heterocycles. The van der Waals surface area contributed by atoms with Gasteiger partial charge in [-0.05, 0) is 44.8 Å². The molecule has 4 aromatic rings. The van der Waals surface area contributed by atoms with Gasteiger partial charge >= 0.3 is 0 Å². The van der Waals surface area contributed by atoms with E-state index < -0.39 is 4.92 Å². The molecule has 0 heterocycles. The minimum absolute atomic E-state index is 0.0679. The monoisotopic (exact) mass is 353 g/mol. The summed E-state index contributed by atoms with van der Waals surface area (Å²) >= 11 is 0. The Balaban J connectivity index is 1.92. The van der Waals surface area contributed by atoms with Crippen molar-refractivity contribution in [3.63, 3.8) is 0 Å². The lowest BCUT2D eigenvalue weighted by atomic mass is 9.92. The zero-order valence-corrected chi connectivity index (χ0v) is 14.3. The summed E-state index contributed by atoms with van der Waals surface area (Å²) in [6, 6.07) is 22.1. The molecule has 0 N–H and O–H groups in total. The molecule has 0 amide bonds. The average molecular weight is 353 g/mol. The zero-order chi connectivity index (χ0) is 18.8. The summed E-state index contributed by atoms with van der Waals surface area (Å²) in [5.74, 6) is 0. The number of carbonyl (C=O) groups excluding carboxylic acids is 1. The molecule has 27 heavy (non-hydrogen) atoms. The SMILES string of the molecule is O=Cc1c2ccccc2c(C=Cc2ccc([N+](=O)[O-])cc2)c2ccccc12. The zero-order valence-electron chi connectivity index (χ0n) is 14.3. The van der Waals surface area contributed by atoms with Crippen molar-refractivity contribution in [1.82, 2.24) is 0 Å². The molecule has 130 valence electrons. The number of hydrogen-bond donors (Lipinski definition) is 0. The Hall–Kier alpha value is -3.79. The highest BCUT2D eigenvalue weighted by Gasteiger charge is 2.11. The summed E-state index contributed by atoms with van der Waals surface area (Å²) in [4.78, 5) is 22.1. The summed E-state index contributed by atoms with van der Waals surface area (Å²) in [7, 11) is 0. The maximum absolute atomic E-state index is 11.7. The van der Waals surface area contributed by atoms with Gasteiger partial charge in [0.05, 0.1) is 4.92 Å². The fourth-order valence-corrected chi connectivity index (χ4v) is 3.39. The Labute approximate surface area is 155 Å². The van der Waals surface area contributed by atoms with Gasteiger partial charge in [0.15, 0.2) is 6.29 Å². The first-order valence-corrected chi connectivity index (χ1v) is 8.50. The van der Waals surface area contributed by atoms with Crippen LogP contribution >= 0.6 is 0 Å². The van der Waals surface area contributed by atoms with Gasteiger partial charge in [-0.25, -0.2) is 0 Å². The highest BCUT2D eigenvalue weighted by Crippen LogP contribution is 2.33. The maximum Gasteiger partial charge on any atom is 0.269 e. The van der Waals surface area contributed by atoms with Gasteiger partial charge in [-0.1, -0.05) is 60.7 Å². The van der Waals surface area contributed by atoms with Crippen molar-refractivity contribution in [2.45, 2.75) is 0 Å². The Kier molecular flexibility index (Phi) is 4.22. The van der Waals surface area contributed by atoms with E-state index in [9.17, 15) is 14.9 Å². The largest absolute Gasteiger partial charge is 0.298 e. The highest BCUT2D eigenvalue weighted by molar-refractivity contribution is 6.17. The van der Waals surface area contributed by atoms with Crippen molar-refractivity contribution in [2.75, 3.05) is 0 Å². The number of aldehydes is 1. The van der Waals surface area contributed by atoms with Gasteiger partial charge in [0, 0.05) is 17.7 Å². The van der Waals surface area contributed by atoms with Crippen LogP contribution in [0.2, 0.25) is 0 Å². The smallest absolute Gasteiger partial charge is 0.269 e. The molecule has 0 spiro atoms. The van der Waals surface area contributed by atoms with E-state index in [1.807, 2.05) is 60.7 Å². The van der Waals surface area contributed by atoms with Crippen LogP contribution in [-0.2, 0) is 0 Å². The second-order valence-corrected chi connectivity index (χ2v) is 6.22. The molecule has 0 aliphatic carbocycles.